The number of nitrogens with one attached hydrogen (secondary N) is 1. The van der Waals surface area contributed by atoms with Crippen LogP contribution in [0.2, 0.25) is 0 Å². The Morgan fingerprint density at radius 2 is 1.90 bits per heavy atom. The Hall–Kier alpha value is -2.97. The van der Waals surface area contributed by atoms with Crippen molar-refractivity contribution in [3.63, 3.8) is 0 Å². The Morgan fingerprint density at radius 3 is 2.52 bits per heavy atom. The summed E-state index contributed by atoms with van der Waals surface area (Å²) in [5.41, 5.74) is 1.33. The number of hydrogen-bond donors (Lipinski definition) is 1. The van der Waals surface area contributed by atoms with Crippen LogP contribution in [-0.2, 0) is 23.1 Å². The van der Waals surface area contributed by atoms with Crippen LogP contribution in [0.1, 0.15) is 34.5 Å². The molecule has 2 heterocycles. The minimum absolute atomic E-state index is 0.0914. The van der Waals surface area contributed by atoms with Gasteiger partial charge in [-0.15, -0.1) is 0 Å². The van der Waals surface area contributed by atoms with E-state index >= 15 is 0 Å². The number of carbonyl (C=O) groups is 1. The Labute approximate surface area is 169 Å². The number of pyridine rings is 1. The van der Waals surface area contributed by atoms with Gasteiger partial charge in [0.15, 0.2) is 0 Å². The average molecular weight is 411 g/mol. The Bertz CT molecular complexity index is 1060. The van der Waals surface area contributed by atoms with E-state index in [0.29, 0.717) is 11.3 Å². The summed E-state index contributed by atoms with van der Waals surface area (Å²) in [6.45, 7) is 0.233. The number of furan rings is 1. The molecule has 0 atom stereocenters. The molecule has 1 N–H and O–H groups in total. The molecule has 1 aromatic carbocycles. The highest BCUT2D eigenvalue weighted by atomic mass is 32.2. The molecular weight excluding hydrogens is 390 g/mol. The van der Waals surface area contributed by atoms with Crippen LogP contribution in [-0.4, -0.2) is 29.7 Å². The average Bonchev–Trinajstić information content (AvgIpc) is 3.40. The zero-order chi connectivity index (χ0) is 20.3. The largest absolute Gasteiger partial charge is 0.468 e. The SMILES string of the molecule is O=C(NC1CC1)c1ccc(CN(Cc2ccco2)S(=O)(=O)c2cccnc2)cc1. The molecule has 4 rings (SSSR count). The second kappa shape index (κ2) is 8.18. The van der Waals surface area contributed by atoms with Crippen molar-refractivity contribution in [2.45, 2.75) is 36.9 Å². The topological polar surface area (TPSA) is 92.5 Å². The van der Waals surface area contributed by atoms with Gasteiger partial charge >= 0.3 is 0 Å². The van der Waals surface area contributed by atoms with Crippen molar-refractivity contribution in [2.75, 3.05) is 0 Å². The van der Waals surface area contributed by atoms with Crippen LogP contribution < -0.4 is 5.32 Å². The summed E-state index contributed by atoms with van der Waals surface area (Å²) in [4.78, 5) is 16.2. The monoisotopic (exact) mass is 411 g/mol. The van der Waals surface area contributed by atoms with Gasteiger partial charge in [-0.1, -0.05) is 12.1 Å². The lowest BCUT2D eigenvalue weighted by Gasteiger charge is -2.21. The lowest BCUT2D eigenvalue weighted by atomic mass is 10.1. The normalized spacial score (nSPS) is 14.1. The summed E-state index contributed by atoms with van der Waals surface area (Å²) in [7, 11) is -3.78. The Balaban J connectivity index is 1.55. The summed E-state index contributed by atoms with van der Waals surface area (Å²) >= 11 is 0. The first-order valence-corrected chi connectivity index (χ1v) is 10.8. The molecule has 0 spiro atoms. The minimum Gasteiger partial charge on any atom is -0.468 e. The van der Waals surface area contributed by atoms with Crippen LogP contribution >= 0.6 is 0 Å². The van der Waals surface area contributed by atoms with Crippen molar-refractivity contribution in [1.82, 2.24) is 14.6 Å². The van der Waals surface area contributed by atoms with E-state index in [4.69, 9.17) is 4.42 Å². The molecule has 0 aliphatic heterocycles. The molecule has 2 aromatic heterocycles. The van der Waals surface area contributed by atoms with Gasteiger partial charge < -0.3 is 9.73 Å². The number of hydrogen-bond acceptors (Lipinski definition) is 5. The van der Waals surface area contributed by atoms with Gasteiger partial charge in [0.25, 0.3) is 5.91 Å². The predicted molar refractivity (Wildman–Crippen MR) is 106 cm³/mol. The van der Waals surface area contributed by atoms with E-state index in [1.54, 1.807) is 42.5 Å². The summed E-state index contributed by atoms with van der Waals surface area (Å²) in [5.74, 6) is 0.437. The second-order valence-electron chi connectivity index (χ2n) is 6.99. The van der Waals surface area contributed by atoms with Gasteiger partial charge in [-0.05, 0) is 54.8 Å². The van der Waals surface area contributed by atoms with Gasteiger partial charge in [0, 0.05) is 30.5 Å². The van der Waals surface area contributed by atoms with Crippen molar-refractivity contribution in [1.29, 1.82) is 0 Å². The van der Waals surface area contributed by atoms with Crippen molar-refractivity contribution < 1.29 is 17.6 Å². The highest BCUT2D eigenvalue weighted by molar-refractivity contribution is 7.89. The maximum atomic E-state index is 13.1. The first-order chi connectivity index (χ1) is 14.0. The van der Waals surface area contributed by atoms with E-state index in [-0.39, 0.29) is 29.9 Å². The molecule has 0 radical (unpaired) electrons. The Morgan fingerprint density at radius 1 is 1.10 bits per heavy atom. The maximum Gasteiger partial charge on any atom is 0.251 e. The van der Waals surface area contributed by atoms with Gasteiger partial charge in [-0.2, -0.15) is 4.31 Å². The lowest BCUT2D eigenvalue weighted by molar-refractivity contribution is 0.0951. The molecule has 8 heteroatoms. The third-order valence-corrected chi connectivity index (χ3v) is 6.45. The molecule has 150 valence electrons. The summed E-state index contributed by atoms with van der Waals surface area (Å²) in [6, 6.07) is 13.8. The van der Waals surface area contributed by atoms with E-state index in [1.165, 1.54) is 29.0 Å². The van der Waals surface area contributed by atoms with Crippen LogP contribution in [0, 0.1) is 0 Å². The zero-order valence-electron chi connectivity index (χ0n) is 15.7. The van der Waals surface area contributed by atoms with E-state index in [2.05, 4.69) is 10.3 Å². The molecule has 1 amide bonds. The fraction of sp³-hybridized carbons (Fsp3) is 0.238. The summed E-state index contributed by atoms with van der Waals surface area (Å²) in [5, 5.41) is 2.94. The minimum atomic E-state index is -3.78. The van der Waals surface area contributed by atoms with Crippen LogP contribution in [0.5, 0.6) is 0 Å². The van der Waals surface area contributed by atoms with Gasteiger partial charge in [-0.25, -0.2) is 8.42 Å². The van der Waals surface area contributed by atoms with E-state index < -0.39 is 10.0 Å². The number of benzene rings is 1. The molecular formula is C21H21N3O4S. The highest BCUT2D eigenvalue weighted by Gasteiger charge is 2.26. The van der Waals surface area contributed by atoms with Crippen LogP contribution in [0.15, 0.2) is 76.5 Å². The van der Waals surface area contributed by atoms with Crippen molar-refractivity contribution in [2.24, 2.45) is 0 Å². The number of amides is 1. The smallest absolute Gasteiger partial charge is 0.251 e. The van der Waals surface area contributed by atoms with E-state index in [1.807, 2.05) is 0 Å². The molecule has 0 saturated heterocycles. The molecule has 0 bridgehead atoms. The van der Waals surface area contributed by atoms with Crippen LogP contribution in [0.4, 0.5) is 0 Å². The van der Waals surface area contributed by atoms with Crippen LogP contribution in [0.25, 0.3) is 0 Å². The van der Waals surface area contributed by atoms with Crippen molar-refractivity contribution in [3.05, 3.63) is 84.1 Å². The first-order valence-electron chi connectivity index (χ1n) is 9.35. The standard InChI is InChI=1S/C21H21N3O4S/c25-21(23-18-9-10-18)17-7-5-16(6-8-17)14-24(15-19-3-2-12-28-19)29(26,27)20-4-1-11-22-13-20/h1-8,11-13,18H,9-10,14-15H2,(H,23,25). The van der Waals surface area contributed by atoms with Crippen molar-refractivity contribution >= 4 is 15.9 Å². The third kappa shape index (κ3) is 4.72. The lowest BCUT2D eigenvalue weighted by Crippen LogP contribution is -2.30. The second-order valence-corrected chi connectivity index (χ2v) is 8.92. The van der Waals surface area contributed by atoms with Crippen LogP contribution in [0.3, 0.4) is 0 Å². The third-order valence-electron chi connectivity index (χ3n) is 4.67. The van der Waals surface area contributed by atoms with E-state index in [9.17, 15) is 13.2 Å². The summed E-state index contributed by atoms with van der Waals surface area (Å²) in [6.07, 6.45) is 6.42. The first kappa shape index (κ1) is 19.4. The fourth-order valence-electron chi connectivity index (χ4n) is 2.91. The molecule has 0 unspecified atom stereocenters. The quantitative estimate of drug-likeness (QED) is 0.615. The molecule has 1 fully saturated rings. The van der Waals surface area contributed by atoms with Gasteiger partial charge in [0.1, 0.15) is 10.7 Å². The Kier molecular flexibility index (Phi) is 5.46. The number of sulfonamides is 1. The predicted octanol–water partition coefficient (Wildman–Crippen LogP) is 2.96. The highest BCUT2D eigenvalue weighted by Crippen LogP contribution is 2.22. The van der Waals surface area contributed by atoms with Gasteiger partial charge in [-0.3, -0.25) is 9.78 Å². The molecule has 1 saturated carbocycles. The molecule has 7 nitrogen and oxygen atoms in total. The number of aromatic nitrogens is 1. The number of carbonyl (C=O) groups excluding carboxylic acids is 1. The maximum absolute atomic E-state index is 13.1. The van der Waals surface area contributed by atoms with E-state index in [0.717, 1.165) is 18.4 Å². The van der Waals surface area contributed by atoms with Gasteiger partial charge in [0.2, 0.25) is 10.0 Å². The molecule has 1 aliphatic carbocycles. The number of rotatable bonds is 8. The molecule has 1 aliphatic rings. The van der Waals surface area contributed by atoms with Crippen molar-refractivity contribution in [3.8, 4) is 0 Å². The van der Waals surface area contributed by atoms with Gasteiger partial charge in [0.05, 0.1) is 12.8 Å². The zero-order valence-corrected chi connectivity index (χ0v) is 16.5. The summed E-state index contributed by atoms with van der Waals surface area (Å²) < 4.78 is 33.0. The molecule has 3 aromatic rings. The number of nitrogens with zero attached hydrogens (tertiary/aromatic N) is 2. The molecule has 29 heavy (non-hydrogen) atoms. The fourth-order valence-corrected chi connectivity index (χ4v) is 4.27.